The van der Waals surface area contributed by atoms with Crippen LogP contribution in [-0.4, -0.2) is 11.8 Å². The minimum atomic E-state index is -0.504. The normalized spacial score (nSPS) is 28.9. The lowest BCUT2D eigenvalue weighted by molar-refractivity contribution is -0.123. The molecule has 29 heavy (non-hydrogen) atoms. The van der Waals surface area contributed by atoms with Crippen molar-refractivity contribution >= 4 is 40.1 Å². The van der Waals surface area contributed by atoms with Gasteiger partial charge in [0.1, 0.15) is 0 Å². The van der Waals surface area contributed by atoms with Gasteiger partial charge in [-0.15, -0.1) is 0 Å². The highest BCUT2D eigenvalue weighted by Gasteiger charge is 2.66. The van der Waals surface area contributed by atoms with Crippen LogP contribution in [0.5, 0.6) is 0 Å². The summed E-state index contributed by atoms with van der Waals surface area (Å²) in [7, 11) is 0. The van der Waals surface area contributed by atoms with E-state index in [4.69, 9.17) is 0 Å². The van der Waals surface area contributed by atoms with Crippen LogP contribution >= 0.6 is 22.6 Å². The number of hydrogen-bond acceptors (Lipinski definition) is 2. The van der Waals surface area contributed by atoms with Crippen molar-refractivity contribution in [2.24, 2.45) is 11.8 Å². The van der Waals surface area contributed by atoms with Gasteiger partial charge in [-0.1, -0.05) is 61.5 Å². The van der Waals surface area contributed by atoms with Crippen LogP contribution < -0.4 is 4.90 Å². The molecule has 3 aliphatic carbocycles. The largest absolute Gasteiger partial charge is 0.274 e. The SMILES string of the molecule is CC12c3ccccc3C(c3ccccc31)[C@@H]1C(=O)N(c3cccc(I)c3)C(=O)[C@H]12. The van der Waals surface area contributed by atoms with Crippen molar-refractivity contribution < 1.29 is 9.59 Å². The first kappa shape index (κ1) is 17.4. The third-order valence-corrected chi connectivity index (χ3v) is 7.78. The number of rotatable bonds is 1. The molecule has 2 atom stereocenters. The number of imide groups is 1. The Morgan fingerprint density at radius 3 is 2.07 bits per heavy atom. The minimum Gasteiger partial charge on any atom is -0.274 e. The summed E-state index contributed by atoms with van der Waals surface area (Å²) in [5.41, 5.74) is 4.94. The van der Waals surface area contributed by atoms with Crippen LogP contribution in [0.2, 0.25) is 0 Å². The van der Waals surface area contributed by atoms with Gasteiger partial charge in [0.15, 0.2) is 0 Å². The lowest BCUT2D eigenvalue weighted by atomic mass is 9.48. The summed E-state index contributed by atoms with van der Waals surface area (Å²) in [6.07, 6.45) is 0. The van der Waals surface area contributed by atoms with E-state index in [0.717, 1.165) is 3.57 Å². The van der Waals surface area contributed by atoms with Gasteiger partial charge >= 0.3 is 0 Å². The van der Waals surface area contributed by atoms with E-state index in [0.29, 0.717) is 5.69 Å². The van der Waals surface area contributed by atoms with Crippen LogP contribution in [0.4, 0.5) is 5.69 Å². The molecule has 0 radical (unpaired) electrons. The number of nitrogens with zero attached hydrogens (tertiary/aromatic N) is 1. The third kappa shape index (κ3) is 2.03. The molecule has 4 aliphatic rings. The van der Waals surface area contributed by atoms with Gasteiger partial charge in [-0.25, -0.2) is 4.90 Å². The number of benzene rings is 3. The molecule has 3 aromatic carbocycles. The fourth-order valence-electron chi connectivity index (χ4n) is 6.02. The Kier molecular flexibility index (Phi) is 3.47. The van der Waals surface area contributed by atoms with Crippen LogP contribution in [-0.2, 0) is 15.0 Å². The highest BCUT2D eigenvalue weighted by Crippen LogP contribution is 2.64. The second-order valence-electron chi connectivity index (χ2n) is 8.35. The number of halogens is 1. The van der Waals surface area contributed by atoms with E-state index in [2.05, 4.69) is 53.8 Å². The molecule has 1 aliphatic heterocycles. The van der Waals surface area contributed by atoms with Crippen LogP contribution in [0, 0.1) is 15.4 Å². The highest BCUT2D eigenvalue weighted by atomic mass is 127. The smallest absolute Gasteiger partial charge is 0.238 e. The summed E-state index contributed by atoms with van der Waals surface area (Å²) in [6, 6.07) is 24.4. The zero-order chi connectivity index (χ0) is 19.9. The number of amides is 2. The summed E-state index contributed by atoms with van der Waals surface area (Å²) in [5, 5.41) is 0. The molecule has 3 nitrogen and oxygen atoms in total. The maximum atomic E-state index is 13.8. The van der Waals surface area contributed by atoms with Crippen molar-refractivity contribution in [1.29, 1.82) is 0 Å². The molecule has 0 spiro atoms. The summed E-state index contributed by atoms with van der Waals surface area (Å²) >= 11 is 2.22. The average molecular weight is 491 g/mol. The summed E-state index contributed by atoms with van der Waals surface area (Å²) in [6.45, 7) is 2.15. The molecule has 3 aromatic rings. The molecule has 2 amide bonds. The zero-order valence-corrected chi connectivity index (χ0v) is 18.0. The van der Waals surface area contributed by atoms with Gasteiger partial charge in [0, 0.05) is 14.9 Å². The molecule has 1 fully saturated rings. The number of carbonyl (C=O) groups excluding carboxylic acids is 2. The van der Waals surface area contributed by atoms with E-state index >= 15 is 0 Å². The molecule has 0 aromatic heterocycles. The maximum Gasteiger partial charge on any atom is 0.238 e. The molecule has 4 heteroatoms. The molecule has 2 bridgehead atoms. The van der Waals surface area contributed by atoms with Gasteiger partial charge in [-0.3, -0.25) is 9.59 Å². The van der Waals surface area contributed by atoms with Gasteiger partial charge in [-0.05, 0) is 63.0 Å². The number of hydrogen-bond donors (Lipinski definition) is 0. The summed E-state index contributed by atoms with van der Waals surface area (Å²) < 4.78 is 1.01. The van der Waals surface area contributed by atoms with Gasteiger partial charge < -0.3 is 0 Å². The standard InChI is InChI=1S/C25H18INO2/c1-25-18-11-4-2-9-16(18)20(17-10-3-5-12-19(17)25)21-22(25)24(29)27(23(21)28)15-8-6-7-14(26)13-15/h2-13,20-22H,1H3/t20?,21-,22-,25?/m0/s1. The minimum absolute atomic E-state index is 0.0674. The first-order chi connectivity index (χ1) is 14.0. The quantitative estimate of drug-likeness (QED) is 0.360. The van der Waals surface area contributed by atoms with Crippen molar-refractivity contribution in [3.8, 4) is 0 Å². The maximum absolute atomic E-state index is 13.8. The van der Waals surface area contributed by atoms with E-state index in [-0.39, 0.29) is 29.6 Å². The van der Waals surface area contributed by atoms with Crippen LogP contribution in [0.1, 0.15) is 35.1 Å². The Morgan fingerprint density at radius 1 is 0.828 bits per heavy atom. The van der Waals surface area contributed by atoms with E-state index in [1.807, 2.05) is 48.5 Å². The topological polar surface area (TPSA) is 37.4 Å². The fourth-order valence-corrected chi connectivity index (χ4v) is 6.55. The molecule has 142 valence electrons. The van der Waals surface area contributed by atoms with E-state index in [9.17, 15) is 9.59 Å². The fraction of sp³-hybridized carbons (Fsp3) is 0.200. The van der Waals surface area contributed by atoms with Crippen molar-refractivity contribution in [1.82, 2.24) is 0 Å². The average Bonchev–Trinajstić information content (AvgIpc) is 3.00. The van der Waals surface area contributed by atoms with E-state index < -0.39 is 5.41 Å². The summed E-state index contributed by atoms with van der Waals surface area (Å²) in [4.78, 5) is 28.9. The molecular weight excluding hydrogens is 473 g/mol. The molecule has 0 N–H and O–H groups in total. The second-order valence-corrected chi connectivity index (χ2v) is 9.60. The van der Waals surface area contributed by atoms with E-state index in [1.54, 1.807) is 0 Å². The zero-order valence-electron chi connectivity index (χ0n) is 15.8. The lowest BCUT2D eigenvalue weighted by Gasteiger charge is -2.52. The van der Waals surface area contributed by atoms with Crippen LogP contribution in [0.3, 0.4) is 0 Å². The van der Waals surface area contributed by atoms with Crippen molar-refractivity contribution in [2.45, 2.75) is 18.3 Å². The second kappa shape index (κ2) is 5.79. The monoisotopic (exact) mass is 491 g/mol. The molecule has 0 unspecified atom stereocenters. The number of carbonyl (C=O) groups is 2. The Labute approximate surface area is 182 Å². The van der Waals surface area contributed by atoms with Crippen molar-refractivity contribution in [2.75, 3.05) is 4.90 Å². The number of anilines is 1. The molecular formula is C25H18INO2. The van der Waals surface area contributed by atoms with Crippen molar-refractivity contribution in [3.63, 3.8) is 0 Å². The first-order valence-corrected chi connectivity index (χ1v) is 10.9. The predicted octanol–water partition coefficient (Wildman–Crippen LogP) is 4.86. The third-order valence-electron chi connectivity index (χ3n) is 7.11. The molecule has 7 rings (SSSR count). The van der Waals surface area contributed by atoms with Gasteiger partial charge in [0.2, 0.25) is 11.8 Å². The van der Waals surface area contributed by atoms with Crippen molar-refractivity contribution in [3.05, 3.63) is 98.6 Å². The highest BCUT2D eigenvalue weighted by molar-refractivity contribution is 14.1. The lowest BCUT2D eigenvalue weighted by Crippen LogP contribution is -2.51. The Balaban J connectivity index is 1.63. The molecule has 1 heterocycles. The summed E-state index contributed by atoms with van der Waals surface area (Å²) in [5.74, 6) is -0.933. The Morgan fingerprint density at radius 2 is 1.45 bits per heavy atom. The Bertz CT molecular complexity index is 1170. The first-order valence-electron chi connectivity index (χ1n) is 9.85. The van der Waals surface area contributed by atoms with Crippen LogP contribution in [0.25, 0.3) is 0 Å². The molecule has 0 saturated carbocycles. The van der Waals surface area contributed by atoms with Crippen LogP contribution in [0.15, 0.2) is 72.8 Å². The van der Waals surface area contributed by atoms with Gasteiger partial charge in [-0.2, -0.15) is 0 Å². The van der Waals surface area contributed by atoms with E-state index in [1.165, 1.54) is 27.2 Å². The Hall–Kier alpha value is -2.47. The molecule has 1 saturated heterocycles. The predicted molar refractivity (Wildman–Crippen MR) is 120 cm³/mol. The van der Waals surface area contributed by atoms with Gasteiger partial charge in [0.05, 0.1) is 17.5 Å². The van der Waals surface area contributed by atoms with Gasteiger partial charge in [0.25, 0.3) is 0 Å².